The maximum Gasteiger partial charge on any atom is 0.231 e. The van der Waals surface area contributed by atoms with Crippen LogP contribution in [0.15, 0.2) is 40.9 Å². The first-order valence-electron chi connectivity index (χ1n) is 6.90. The van der Waals surface area contributed by atoms with Crippen LogP contribution in [0.5, 0.6) is 11.5 Å². The van der Waals surface area contributed by atoms with Crippen LogP contribution in [0.4, 0.5) is 0 Å². The fraction of sp³-hybridized carbons (Fsp3) is 0.0588. The Morgan fingerprint density at radius 3 is 3.00 bits per heavy atom. The molecule has 1 aliphatic rings. The van der Waals surface area contributed by atoms with Gasteiger partial charge in [-0.15, -0.1) is 0 Å². The van der Waals surface area contributed by atoms with Crippen molar-refractivity contribution in [2.45, 2.75) is 0 Å². The number of allylic oxidation sites excluding steroid dienone is 1. The molecule has 6 heteroatoms. The van der Waals surface area contributed by atoms with Gasteiger partial charge in [-0.25, -0.2) is 4.98 Å². The summed E-state index contributed by atoms with van der Waals surface area (Å²) in [5.74, 6) is 1.89. The number of aromatic amines is 1. The molecular formula is C17H10BrN3O2. The van der Waals surface area contributed by atoms with Crippen LogP contribution in [0.3, 0.4) is 0 Å². The van der Waals surface area contributed by atoms with Gasteiger partial charge in [0.25, 0.3) is 0 Å². The Labute approximate surface area is 140 Å². The highest BCUT2D eigenvalue weighted by molar-refractivity contribution is 9.10. The fourth-order valence-corrected chi connectivity index (χ4v) is 3.05. The molecule has 0 atom stereocenters. The Hall–Kier alpha value is -2.78. The molecule has 23 heavy (non-hydrogen) atoms. The molecule has 1 N–H and O–H groups in total. The second-order valence-corrected chi connectivity index (χ2v) is 5.86. The molecule has 2 heterocycles. The second-order valence-electron chi connectivity index (χ2n) is 5.01. The van der Waals surface area contributed by atoms with Gasteiger partial charge in [-0.1, -0.05) is 12.1 Å². The van der Waals surface area contributed by atoms with E-state index >= 15 is 0 Å². The van der Waals surface area contributed by atoms with Crippen molar-refractivity contribution in [3.63, 3.8) is 0 Å². The van der Waals surface area contributed by atoms with Crippen molar-refractivity contribution in [2.24, 2.45) is 0 Å². The Morgan fingerprint density at radius 1 is 1.30 bits per heavy atom. The van der Waals surface area contributed by atoms with Gasteiger partial charge in [0, 0.05) is 0 Å². The van der Waals surface area contributed by atoms with Crippen molar-refractivity contribution < 1.29 is 9.47 Å². The SMILES string of the molecule is N#C/C(=C\c1cc(Br)c2c(c1)OCO2)c1nc2ccccc2[nH]1. The summed E-state index contributed by atoms with van der Waals surface area (Å²) in [5, 5.41) is 9.48. The number of hydrogen-bond donors (Lipinski definition) is 1. The number of imidazole rings is 1. The highest BCUT2D eigenvalue weighted by Gasteiger charge is 2.18. The smallest absolute Gasteiger partial charge is 0.231 e. The number of nitrogens with one attached hydrogen (secondary N) is 1. The van der Waals surface area contributed by atoms with Crippen LogP contribution in [0, 0.1) is 11.3 Å². The predicted molar refractivity (Wildman–Crippen MR) is 89.8 cm³/mol. The molecule has 0 unspecified atom stereocenters. The molecule has 2 aromatic carbocycles. The molecule has 1 aromatic heterocycles. The van der Waals surface area contributed by atoms with Crippen LogP contribution in [-0.2, 0) is 0 Å². The molecule has 0 saturated carbocycles. The van der Waals surface area contributed by atoms with E-state index in [4.69, 9.17) is 9.47 Å². The van der Waals surface area contributed by atoms with Gasteiger partial charge in [-0.2, -0.15) is 5.26 Å². The Morgan fingerprint density at radius 2 is 2.17 bits per heavy atom. The minimum atomic E-state index is 0.204. The largest absolute Gasteiger partial charge is 0.454 e. The maximum absolute atomic E-state index is 9.48. The average molecular weight is 368 g/mol. The minimum absolute atomic E-state index is 0.204. The molecule has 3 aromatic rings. The van der Waals surface area contributed by atoms with Crippen LogP contribution in [0.25, 0.3) is 22.7 Å². The van der Waals surface area contributed by atoms with Gasteiger partial charge in [-0.05, 0) is 51.8 Å². The number of nitrogens with zero attached hydrogens (tertiary/aromatic N) is 2. The molecule has 1 aliphatic heterocycles. The van der Waals surface area contributed by atoms with Crippen LogP contribution < -0.4 is 9.47 Å². The average Bonchev–Trinajstić information content (AvgIpc) is 3.18. The van der Waals surface area contributed by atoms with Crippen LogP contribution in [0.1, 0.15) is 11.4 Å². The van der Waals surface area contributed by atoms with Crippen molar-refractivity contribution in [1.29, 1.82) is 5.26 Å². The van der Waals surface area contributed by atoms with E-state index in [-0.39, 0.29) is 6.79 Å². The summed E-state index contributed by atoms with van der Waals surface area (Å²) in [4.78, 5) is 7.63. The number of nitriles is 1. The number of ether oxygens (including phenoxy) is 2. The third kappa shape index (κ3) is 2.45. The van der Waals surface area contributed by atoms with Gasteiger partial charge in [0.1, 0.15) is 11.9 Å². The van der Waals surface area contributed by atoms with E-state index in [1.54, 1.807) is 6.08 Å². The van der Waals surface area contributed by atoms with Gasteiger partial charge in [0.15, 0.2) is 11.5 Å². The zero-order valence-electron chi connectivity index (χ0n) is 11.8. The lowest BCUT2D eigenvalue weighted by Crippen LogP contribution is -1.93. The third-order valence-electron chi connectivity index (χ3n) is 3.53. The number of fused-ring (bicyclic) bond motifs is 2. The first-order chi connectivity index (χ1) is 11.2. The number of halogens is 1. The van der Waals surface area contributed by atoms with E-state index in [1.165, 1.54) is 0 Å². The number of aromatic nitrogens is 2. The molecule has 0 bridgehead atoms. The zero-order valence-corrected chi connectivity index (χ0v) is 13.4. The number of para-hydroxylation sites is 2. The molecule has 0 aliphatic carbocycles. The summed E-state index contributed by atoms with van der Waals surface area (Å²) >= 11 is 3.45. The number of hydrogen-bond acceptors (Lipinski definition) is 4. The lowest BCUT2D eigenvalue weighted by molar-refractivity contribution is 0.173. The lowest BCUT2D eigenvalue weighted by atomic mass is 10.1. The molecule has 0 fully saturated rings. The summed E-state index contributed by atoms with van der Waals surface area (Å²) in [7, 11) is 0. The topological polar surface area (TPSA) is 70.9 Å². The molecule has 4 rings (SSSR count). The summed E-state index contributed by atoms with van der Waals surface area (Å²) in [5.41, 5.74) is 3.01. The zero-order chi connectivity index (χ0) is 15.8. The lowest BCUT2D eigenvalue weighted by Gasteiger charge is -2.02. The standard InChI is InChI=1S/C17H10BrN3O2/c18-12-6-10(7-15-16(12)23-9-22-15)5-11(8-19)17-20-13-3-1-2-4-14(13)21-17/h1-7H,9H2,(H,20,21)/b11-5+. The maximum atomic E-state index is 9.48. The van der Waals surface area contributed by atoms with Gasteiger partial charge in [-0.3, -0.25) is 0 Å². The molecule has 5 nitrogen and oxygen atoms in total. The number of rotatable bonds is 2. The van der Waals surface area contributed by atoms with Gasteiger partial charge >= 0.3 is 0 Å². The molecule has 0 radical (unpaired) electrons. The van der Waals surface area contributed by atoms with Gasteiger partial charge < -0.3 is 14.5 Å². The molecular weight excluding hydrogens is 358 g/mol. The number of H-pyrrole nitrogens is 1. The highest BCUT2D eigenvalue weighted by Crippen LogP contribution is 2.40. The van der Waals surface area contributed by atoms with E-state index in [0.29, 0.717) is 22.9 Å². The first-order valence-corrected chi connectivity index (χ1v) is 7.70. The van der Waals surface area contributed by atoms with Crippen LogP contribution >= 0.6 is 15.9 Å². The summed E-state index contributed by atoms with van der Waals surface area (Å²) in [6, 6.07) is 13.6. The van der Waals surface area contributed by atoms with Gasteiger partial charge in [0.05, 0.1) is 21.1 Å². The number of benzene rings is 2. The summed E-state index contributed by atoms with van der Waals surface area (Å²) in [6.07, 6.45) is 1.77. The fourth-order valence-electron chi connectivity index (χ4n) is 2.47. The molecule has 0 amide bonds. The second kappa shape index (κ2) is 5.45. The normalized spacial score (nSPS) is 13.3. The minimum Gasteiger partial charge on any atom is -0.454 e. The van der Waals surface area contributed by atoms with E-state index in [9.17, 15) is 5.26 Å². The van der Waals surface area contributed by atoms with Crippen LogP contribution in [-0.4, -0.2) is 16.8 Å². The Bertz CT molecular complexity index is 952. The molecule has 112 valence electrons. The monoisotopic (exact) mass is 367 g/mol. The van der Waals surface area contributed by atoms with Crippen LogP contribution in [0.2, 0.25) is 0 Å². The Balaban J connectivity index is 1.79. The van der Waals surface area contributed by atoms with E-state index < -0.39 is 0 Å². The Kier molecular flexibility index (Phi) is 3.28. The van der Waals surface area contributed by atoms with E-state index in [0.717, 1.165) is 21.1 Å². The quantitative estimate of drug-likeness (QED) is 0.691. The van der Waals surface area contributed by atoms with Crippen molar-refractivity contribution in [2.75, 3.05) is 6.79 Å². The third-order valence-corrected chi connectivity index (χ3v) is 4.11. The summed E-state index contributed by atoms with van der Waals surface area (Å²) < 4.78 is 11.6. The van der Waals surface area contributed by atoms with Crippen molar-refractivity contribution in [1.82, 2.24) is 9.97 Å². The summed E-state index contributed by atoms with van der Waals surface area (Å²) in [6.45, 7) is 0.204. The first kappa shape index (κ1) is 13.9. The predicted octanol–water partition coefficient (Wildman–Crippen LogP) is 4.12. The molecule has 0 saturated heterocycles. The van der Waals surface area contributed by atoms with Crippen molar-refractivity contribution in [3.05, 3.63) is 52.3 Å². The van der Waals surface area contributed by atoms with E-state index in [2.05, 4.69) is 32.0 Å². The van der Waals surface area contributed by atoms with Crippen molar-refractivity contribution >= 4 is 38.6 Å². The highest BCUT2D eigenvalue weighted by atomic mass is 79.9. The van der Waals surface area contributed by atoms with E-state index in [1.807, 2.05) is 36.4 Å². The van der Waals surface area contributed by atoms with Gasteiger partial charge in [0.2, 0.25) is 6.79 Å². The van der Waals surface area contributed by atoms with Crippen molar-refractivity contribution in [3.8, 4) is 17.6 Å². The molecule has 0 spiro atoms.